The first-order chi connectivity index (χ1) is 15.7. The van der Waals surface area contributed by atoms with Crippen molar-refractivity contribution in [1.29, 1.82) is 5.26 Å². The third-order valence-electron chi connectivity index (χ3n) is 6.60. The second kappa shape index (κ2) is 7.63. The van der Waals surface area contributed by atoms with Gasteiger partial charge in [-0.3, -0.25) is 4.98 Å². The van der Waals surface area contributed by atoms with E-state index < -0.39 is 42.2 Å². The van der Waals surface area contributed by atoms with Crippen molar-refractivity contribution in [2.75, 3.05) is 0 Å². The van der Waals surface area contributed by atoms with Crippen LogP contribution in [-0.2, 0) is 6.42 Å². The minimum absolute atomic E-state index is 0.0234. The van der Waals surface area contributed by atoms with E-state index in [1.807, 2.05) is 6.07 Å². The Balaban J connectivity index is 1.76. The van der Waals surface area contributed by atoms with E-state index in [1.165, 1.54) is 18.5 Å². The van der Waals surface area contributed by atoms with E-state index in [0.29, 0.717) is 5.56 Å². The first-order valence-corrected chi connectivity index (χ1v) is 10.4. The zero-order valence-electron chi connectivity index (χ0n) is 17.1. The van der Waals surface area contributed by atoms with Gasteiger partial charge in [-0.05, 0) is 64.4 Å². The average molecular weight is 456 g/mol. The highest BCUT2D eigenvalue weighted by Gasteiger charge is 2.50. The normalized spacial score (nSPS) is 23.0. The number of halogens is 5. The van der Waals surface area contributed by atoms with Gasteiger partial charge in [0, 0.05) is 30.3 Å². The van der Waals surface area contributed by atoms with Crippen LogP contribution in [0.25, 0.3) is 11.1 Å². The summed E-state index contributed by atoms with van der Waals surface area (Å²) in [6.45, 7) is 0. The molecular weight excluding hydrogens is 439 g/mol. The van der Waals surface area contributed by atoms with Crippen molar-refractivity contribution in [2.24, 2.45) is 0 Å². The molecule has 2 aliphatic carbocycles. The number of nitrogens with zero attached hydrogens (tertiary/aromatic N) is 2. The lowest BCUT2D eigenvalue weighted by Crippen LogP contribution is -2.22. The molecule has 0 amide bonds. The maximum Gasteiger partial charge on any atom is 0.281 e. The van der Waals surface area contributed by atoms with Gasteiger partial charge in [-0.25, -0.2) is 22.0 Å². The number of aromatic nitrogens is 1. The van der Waals surface area contributed by atoms with Crippen LogP contribution in [0, 0.1) is 23.0 Å². The van der Waals surface area contributed by atoms with E-state index in [-0.39, 0.29) is 51.8 Å². The Kier molecular flexibility index (Phi) is 4.98. The number of pyridine rings is 1. The number of aliphatic hydroxyl groups is 1. The number of benzene rings is 2. The van der Waals surface area contributed by atoms with Crippen molar-refractivity contribution < 1.29 is 27.1 Å². The zero-order chi connectivity index (χ0) is 23.5. The first kappa shape index (κ1) is 21.5. The highest BCUT2D eigenvalue weighted by Crippen LogP contribution is 2.53. The van der Waals surface area contributed by atoms with Crippen molar-refractivity contribution in [2.45, 2.75) is 43.4 Å². The molecule has 1 aromatic heterocycles. The standard InChI is InChI=1S/C25H17F5N2O/c26-13-7-12(10-31)22-15(3-4-20(27)17(22)8-13)14-1-2-16(19-11-32-6-5-21(19)28)23-18(14)9-25(29,30)24(23)33/h1-2,5-8,11,15,20,24,33H,3-4,9H2/t15-,20+,24+/m1/s1. The maximum absolute atomic E-state index is 14.7. The smallest absolute Gasteiger partial charge is 0.281 e. The van der Waals surface area contributed by atoms with Gasteiger partial charge in [0.25, 0.3) is 5.92 Å². The molecule has 33 heavy (non-hydrogen) atoms. The molecule has 1 N–H and O–H groups in total. The number of hydrogen-bond acceptors (Lipinski definition) is 3. The molecule has 0 radical (unpaired) electrons. The molecule has 3 atom stereocenters. The van der Waals surface area contributed by atoms with E-state index in [9.17, 15) is 32.3 Å². The predicted octanol–water partition coefficient (Wildman–Crippen LogP) is 6.06. The van der Waals surface area contributed by atoms with Crippen LogP contribution in [0.3, 0.4) is 0 Å². The second-order valence-electron chi connectivity index (χ2n) is 8.46. The molecule has 0 spiro atoms. The highest BCUT2D eigenvalue weighted by atomic mass is 19.3. The van der Waals surface area contributed by atoms with Gasteiger partial charge in [0.05, 0.1) is 11.6 Å². The number of rotatable bonds is 2. The molecule has 2 aliphatic rings. The summed E-state index contributed by atoms with van der Waals surface area (Å²) in [5, 5.41) is 20.0. The largest absolute Gasteiger partial charge is 0.382 e. The quantitative estimate of drug-likeness (QED) is 0.477. The molecule has 0 unspecified atom stereocenters. The topological polar surface area (TPSA) is 56.9 Å². The van der Waals surface area contributed by atoms with Crippen LogP contribution in [-0.4, -0.2) is 16.0 Å². The Labute approximate surface area is 186 Å². The molecule has 0 bridgehead atoms. The molecule has 3 nitrogen and oxygen atoms in total. The molecule has 8 heteroatoms. The van der Waals surface area contributed by atoms with Crippen molar-refractivity contribution in [3.63, 3.8) is 0 Å². The van der Waals surface area contributed by atoms with Crippen molar-refractivity contribution >= 4 is 0 Å². The fourth-order valence-electron chi connectivity index (χ4n) is 5.18. The lowest BCUT2D eigenvalue weighted by molar-refractivity contribution is -0.0966. The molecule has 1 heterocycles. The third-order valence-corrected chi connectivity index (χ3v) is 6.60. The van der Waals surface area contributed by atoms with Crippen molar-refractivity contribution in [1.82, 2.24) is 4.98 Å². The summed E-state index contributed by atoms with van der Waals surface area (Å²) < 4.78 is 72.6. The zero-order valence-corrected chi connectivity index (χ0v) is 17.1. The summed E-state index contributed by atoms with van der Waals surface area (Å²) in [5.74, 6) is -5.56. The van der Waals surface area contributed by atoms with E-state index in [1.54, 1.807) is 6.07 Å². The minimum atomic E-state index is -3.49. The third kappa shape index (κ3) is 3.30. The van der Waals surface area contributed by atoms with Gasteiger partial charge >= 0.3 is 0 Å². The molecule has 0 saturated carbocycles. The first-order valence-electron chi connectivity index (χ1n) is 10.4. The molecular formula is C25H17F5N2O. The Morgan fingerprint density at radius 2 is 1.82 bits per heavy atom. The predicted molar refractivity (Wildman–Crippen MR) is 109 cm³/mol. The van der Waals surface area contributed by atoms with Gasteiger partial charge in [0.2, 0.25) is 0 Å². The number of fused-ring (bicyclic) bond motifs is 2. The summed E-state index contributed by atoms with van der Waals surface area (Å²) >= 11 is 0. The Hall–Kier alpha value is -3.31. The van der Waals surface area contributed by atoms with Gasteiger partial charge < -0.3 is 5.11 Å². The van der Waals surface area contributed by atoms with Gasteiger partial charge in [-0.2, -0.15) is 5.26 Å². The number of nitriles is 1. The molecule has 5 rings (SSSR count). The summed E-state index contributed by atoms with van der Waals surface area (Å²) in [4.78, 5) is 3.87. The van der Waals surface area contributed by atoms with Gasteiger partial charge in [0.1, 0.15) is 23.9 Å². The Morgan fingerprint density at radius 1 is 1.03 bits per heavy atom. The number of aliphatic hydroxyl groups excluding tert-OH is 1. The van der Waals surface area contributed by atoms with E-state index in [4.69, 9.17) is 0 Å². The number of hydrogen-bond donors (Lipinski definition) is 1. The molecule has 0 aliphatic heterocycles. The van der Waals surface area contributed by atoms with E-state index in [0.717, 1.165) is 18.2 Å². The average Bonchev–Trinajstić information content (AvgIpc) is 3.03. The number of alkyl halides is 3. The molecule has 2 aromatic carbocycles. The van der Waals surface area contributed by atoms with Crippen molar-refractivity contribution in [3.8, 4) is 17.2 Å². The van der Waals surface area contributed by atoms with Crippen LogP contribution in [0.4, 0.5) is 22.0 Å². The van der Waals surface area contributed by atoms with Gasteiger partial charge in [-0.15, -0.1) is 0 Å². The van der Waals surface area contributed by atoms with E-state index >= 15 is 0 Å². The second-order valence-corrected chi connectivity index (χ2v) is 8.46. The molecule has 0 saturated heterocycles. The van der Waals surface area contributed by atoms with Crippen LogP contribution in [0.1, 0.15) is 64.4 Å². The summed E-state index contributed by atoms with van der Waals surface area (Å²) in [7, 11) is 0. The SMILES string of the molecule is N#Cc1cc(F)cc2c1[C@@H](c1ccc(-c3cnccc3F)c3c1CC(F)(F)[C@H]3O)CC[C@@H]2F. The lowest BCUT2D eigenvalue weighted by atomic mass is 9.74. The molecule has 168 valence electrons. The fraction of sp³-hybridized carbons (Fsp3) is 0.280. The Morgan fingerprint density at radius 3 is 2.55 bits per heavy atom. The monoisotopic (exact) mass is 456 g/mol. The minimum Gasteiger partial charge on any atom is -0.382 e. The van der Waals surface area contributed by atoms with Crippen LogP contribution >= 0.6 is 0 Å². The van der Waals surface area contributed by atoms with Crippen LogP contribution < -0.4 is 0 Å². The Bertz CT molecular complexity index is 1320. The van der Waals surface area contributed by atoms with Crippen LogP contribution in [0.15, 0.2) is 42.7 Å². The van der Waals surface area contributed by atoms with Crippen LogP contribution in [0.5, 0.6) is 0 Å². The van der Waals surface area contributed by atoms with Gasteiger partial charge in [0.15, 0.2) is 0 Å². The maximum atomic E-state index is 14.7. The summed E-state index contributed by atoms with van der Waals surface area (Å²) in [5.41, 5.74) is 0.745. The molecule has 0 fully saturated rings. The molecule has 3 aromatic rings. The van der Waals surface area contributed by atoms with Crippen molar-refractivity contribution in [3.05, 3.63) is 87.7 Å². The highest BCUT2D eigenvalue weighted by molar-refractivity contribution is 5.72. The van der Waals surface area contributed by atoms with Crippen LogP contribution in [0.2, 0.25) is 0 Å². The summed E-state index contributed by atoms with van der Waals surface area (Å²) in [6.07, 6.45) is -1.77. The van der Waals surface area contributed by atoms with Gasteiger partial charge in [-0.1, -0.05) is 12.1 Å². The lowest BCUT2D eigenvalue weighted by Gasteiger charge is -2.31. The summed E-state index contributed by atoms with van der Waals surface area (Å²) in [6, 6.07) is 8.02. The fourth-order valence-corrected chi connectivity index (χ4v) is 5.18. The van der Waals surface area contributed by atoms with E-state index in [2.05, 4.69) is 4.98 Å².